The normalized spacial score (nSPS) is 10.5. The maximum absolute atomic E-state index is 13.8. The number of aryl methyl sites for hydroxylation is 1. The van der Waals surface area contributed by atoms with E-state index in [9.17, 15) is 14.0 Å². The molecule has 30 heavy (non-hydrogen) atoms. The molecule has 156 valence electrons. The standard InChI is InChI=1S/C21H21FN4O4/c1-13-6-5-9-17(14(13)2)29-12-18(27)23-10-11-24-20(28)21-25-19(26-30-21)15-7-3-4-8-16(15)22/h3-9H,10-12H2,1-2H3,(H,23,27)(H,24,28). The second kappa shape index (κ2) is 9.64. The highest BCUT2D eigenvalue weighted by molar-refractivity contribution is 5.89. The highest BCUT2D eigenvalue weighted by Crippen LogP contribution is 2.20. The van der Waals surface area contributed by atoms with Crippen LogP contribution < -0.4 is 15.4 Å². The lowest BCUT2D eigenvalue weighted by molar-refractivity contribution is -0.123. The number of amides is 2. The summed E-state index contributed by atoms with van der Waals surface area (Å²) >= 11 is 0. The van der Waals surface area contributed by atoms with Crippen molar-refractivity contribution in [3.63, 3.8) is 0 Å². The van der Waals surface area contributed by atoms with E-state index in [1.807, 2.05) is 26.0 Å². The molecule has 0 unspecified atom stereocenters. The summed E-state index contributed by atoms with van der Waals surface area (Å²) < 4.78 is 24.1. The van der Waals surface area contributed by atoms with Gasteiger partial charge in [0.15, 0.2) is 6.61 Å². The van der Waals surface area contributed by atoms with Gasteiger partial charge in [-0.05, 0) is 43.2 Å². The summed E-state index contributed by atoms with van der Waals surface area (Å²) in [6.45, 7) is 4.09. The number of hydrogen-bond donors (Lipinski definition) is 2. The van der Waals surface area contributed by atoms with Crippen LogP contribution >= 0.6 is 0 Å². The van der Waals surface area contributed by atoms with E-state index in [0.717, 1.165) is 11.1 Å². The Morgan fingerprint density at radius 2 is 1.83 bits per heavy atom. The van der Waals surface area contributed by atoms with Gasteiger partial charge in [-0.1, -0.05) is 29.4 Å². The lowest BCUT2D eigenvalue weighted by Crippen LogP contribution is -2.36. The van der Waals surface area contributed by atoms with Gasteiger partial charge in [0.1, 0.15) is 11.6 Å². The van der Waals surface area contributed by atoms with Crippen LogP contribution in [0.25, 0.3) is 11.4 Å². The van der Waals surface area contributed by atoms with E-state index < -0.39 is 11.7 Å². The topological polar surface area (TPSA) is 106 Å². The van der Waals surface area contributed by atoms with Crippen molar-refractivity contribution in [1.29, 1.82) is 0 Å². The molecule has 0 saturated heterocycles. The molecule has 3 rings (SSSR count). The Morgan fingerprint density at radius 3 is 2.63 bits per heavy atom. The minimum Gasteiger partial charge on any atom is -0.483 e. The molecular formula is C21H21FN4O4. The third kappa shape index (κ3) is 5.19. The van der Waals surface area contributed by atoms with Gasteiger partial charge >= 0.3 is 11.8 Å². The Bertz CT molecular complexity index is 1050. The molecule has 0 spiro atoms. The zero-order valence-electron chi connectivity index (χ0n) is 16.6. The number of nitrogens with one attached hydrogen (secondary N) is 2. The number of benzene rings is 2. The van der Waals surface area contributed by atoms with Gasteiger partial charge in [-0.25, -0.2) is 4.39 Å². The maximum Gasteiger partial charge on any atom is 0.316 e. The zero-order valence-corrected chi connectivity index (χ0v) is 16.6. The van der Waals surface area contributed by atoms with Crippen LogP contribution in [0, 0.1) is 19.7 Å². The summed E-state index contributed by atoms with van der Waals surface area (Å²) in [6, 6.07) is 11.5. The molecule has 0 radical (unpaired) electrons. The van der Waals surface area contributed by atoms with E-state index in [1.165, 1.54) is 18.2 Å². The molecular weight excluding hydrogens is 391 g/mol. The summed E-state index contributed by atoms with van der Waals surface area (Å²) in [5.74, 6) is -1.11. The molecule has 2 N–H and O–H groups in total. The van der Waals surface area contributed by atoms with E-state index in [1.54, 1.807) is 12.1 Å². The van der Waals surface area contributed by atoms with Gasteiger partial charge in [0.05, 0.1) is 5.56 Å². The second-order valence-corrected chi connectivity index (χ2v) is 6.50. The van der Waals surface area contributed by atoms with Crippen molar-refractivity contribution in [2.24, 2.45) is 0 Å². The van der Waals surface area contributed by atoms with Crippen LogP contribution in [0.15, 0.2) is 47.0 Å². The van der Waals surface area contributed by atoms with Crippen molar-refractivity contribution in [3.8, 4) is 17.1 Å². The first-order chi connectivity index (χ1) is 14.5. The maximum atomic E-state index is 13.8. The quantitative estimate of drug-likeness (QED) is 0.551. The van der Waals surface area contributed by atoms with Gasteiger partial charge in [-0.15, -0.1) is 0 Å². The first-order valence-corrected chi connectivity index (χ1v) is 9.28. The molecule has 0 aliphatic carbocycles. The van der Waals surface area contributed by atoms with Crippen LogP contribution in [-0.2, 0) is 4.79 Å². The fraction of sp³-hybridized carbons (Fsp3) is 0.238. The third-order valence-corrected chi connectivity index (χ3v) is 4.38. The van der Waals surface area contributed by atoms with Crippen molar-refractivity contribution in [2.75, 3.05) is 19.7 Å². The Hall–Kier alpha value is -3.75. The number of carbonyl (C=O) groups excluding carboxylic acids is 2. The van der Waals surface area contributed by atoms with Crippen molar-refractivity contribution in [3.05, 3.63) is 65.3 Å². The summed E-state index contributed by atoms with van der Waals surface area (Å²) in [7, 11) is 0. The van der Waals surface area contributed by atoms with Crippen molar-refractivity contribution >= 4 is 11.8 Å². The van der Waals surface area contributed by atoms with Crippen LogP contribution in [0.2, 0.25) is 0 Å². The van der Waals surface area contributed by atoms with Gasteiger partial charge in [-0.3, -0.25) is 9.59 Å². The first kappa shape index (κ1) is 21.0. The molecule has 0 atom stereocenters. The highest BCUT2D eigenvalue weighted by Gasteiger charge is 2.17. The number of halogens is 1. The van der Waals surface area contributed by atoms with Crippen molar-refractivity contribution in [2.45, 2.75) is 13.8 Å². The van der Waals surface area contributed by atoms with E-state index in [-0.39, 0.29) is 42.9 Å². The summed E-state index contributed by atoms with van der Waals surface area (Å²) in [5, 5.41) is 8.80. The number of aromatic nitrogens is 2. The highest BCUT2D eigenvalue weighted by atomic mass is 19.1. The molecule has 2 amide bonds. The third-order valence-electron chi connectivity index (χ3n) is 4.38. The van der Waals surface area contributed by atoms with Crippen molar-refractivity contribution in [1.82, 2.24) is 20.8 Å². The van der Waals surface area contributed by atoms with E-state index in [0.29, 0.717) is 5.75 Å². The van der Waals surface area contributed by atoms with Gasteiger partial charge in [-0.2, -0.15) is 4.98 Å². The monoisotopic (exact) mass is 412 g/mol. The summed E-state index contributed by atoms with van der Waals surface area (Å²) in [4.78, 5) is 27.9. The van der Waals surface area contributed by atoms with Gasteiger partial charge in [0.2, 0.25) is 5.82 Å². The van der Waals surface area contributed by atoms with Gasteiger partial charge in [0.25, 0.3) is 5.91 Å². The Kier molecular flexibility index (Phi) is 6.74. The molecule has 0 saturated carbocycles. The molecule has 8 nitrogen and oxygen atoms in total. The van der Waals surface area contributed by atoms with Crippen molar-refractivity contribution < 1.29 is 23.2 Å². The molecule has 0 aliphatic heterocycles. The second-order valence-electron chi connectivity index (χ2n) is 6.50. The minimum absolute atomic E-state index is 0.0184. The van der Waals surface area contributed by atoms with Crippen LogP contribution in [-0.4, -0.2) is 41.7 Å². The Labute approximate surface area is 172 Å². The van der Waals surface area contributed by atoms with E-state index in [4.69, 9.17) is 9.26 Å². The predicted molar refractivity (Wildman–Crippen MR) is 106 cm³/mol. The van der Waals surface area contributed by atoms with Gasteiger partial charge < -0.3 is 19.9 Å². The predicted octanol–water partition coefficient (Wildman–Crippen LogP) is 2.42. The smallest absolute Gasteiger partial charge is 0.316 e. The molecule has 1 heterocycles. The summed E-state index contributed by atoms with van der Waals surface area (Å²) in [5.41, 5.74) is 2.19. The lowest BCUT2D eigenvalue weighted by Gasteiger charge is -2.11. The average Bonchev–Trinajstić information content (AvgIpc) is 3.22. The molecule has 2 aromatic carbocycles. The fourth-order valence-electron chi connectivity index (χ4n) is 2.60. The molecule has 1 aromatic heterocycles. The van der Waals surface area contributed by atoms with Crippen LogP contribution in [0.3, 0.4) is 0 Å². The number of nitrogens with zero attached hydrogens (tertiary/aromatic N) is 2. The minimum atomic E-state index is -0.619. The van der Waals surface area contributed by atoms with Crippen LogP contribution in [0.5, 0.6) is 5.75 Å². The van der Waals surface area contributed by atoms with E-state index in [2.05, 4.69) is 20.8 Å². The Balaban J connectivity index is 1.41. The molecule has 0 bridgehead atoms. The summed E-state index contributed by atoms with van der Waals surface area (Å²) in [6.07, 6.45) is 0. The molecule has 9 heteroatoms. The zero-order chi connectivity index (χ0) is 21.5. The van der Waals surface area contributed by atoms with Crippen LogP contribution in [0.1, 0.15) is 21.8 Å². The molecule has 0 aliphatic rings. The largest absolute Gasteiger partial charge is 0.483 e. The number of hydrogen-bond acceptors (Lipinski definition) is 6. The molecule has 3 aromatic rings. The number of rotatable bonds is 8. The number of carbonyl (C=O) groups is 2. The first-order valence-electron chi connectivity index (χ1n) is 9.28. The fourth-order valence-corrected chi connectivity index (χ4v) is 2.60. The SMILES string of the molecule is Cc1cccc(OCC(=O)NCCNC(=O)c2nc(-c3ccccc3F)no2)c1C. The molecule has 0 fully saturated rings. The Morgan fingerprint density at radius 1 is 1.07 bits per heavy atom. The lowest BCUT2D eigenvalue weighted by atomic mass is 10.1. The van der Waals surface area contributed by atoms with Gasteiger partial charge in [0, 0.05) is 13.1 Å². The van der Waals surface area contributed by atoms with E-state index >= 15 is 0 Å². The van der Waals surface area contributed by atoms with Crippen LogP contribution in [0.4, 0.5) is 4.39 Å². The average molecular weight is 412 g/mol. The number of ether oxygens (including phenoxy) is 1.